The molecule has 1 aliphatic rings. The Morgan fingerprint density at radius 2 is 1.81 bits per heavy atom. The number of nitrogens with one attached hydrogen (secondary N) is 2. The molecule has 1 aromatic carbocycles. The molecule has 0 saturated heterocycles. The van der Waals surface area contributed by atoms with Crippen molar-refractivity contribution in [3.8, 4) is 0 Å². The normalized spacial score (nSPS) is 15.5. The van der Waals surface area contributed by atoms with E-state index in [-0.39, 0.29) is 10.9 Å². The highest BCUT2D eigenvalue weighted by Gasteiger charge is 2.25. The van der Waals surface area contributed by atoms with Crippen molar-refractivity contribution in [1.82, 2.24) is 10.0 Å². The predicted octanol–water partition coefficient (Wildman–Crippen LogP) is 0.837. The zero-order chi connectivity index (χ0) is 11.6. The number of hydrogen-bond donors (Lipinski definition) is 2. The molecule has 2 amide bonds. The van der Waals surface area contributed by atoms with Gasteiger partial charge in [0.25, 0.3) is 10.0 Å². The second-order valence-electron chi connectivity index (χ2n) is 3.67. The molecule has 1 aromatic rings. The second kappa shape index (κ2) is 4.13. The summed E-state index contributed by atoms with van der Waals surface area (Å²) in [6.45, 7) is 0. The van der Waals surface area contributed by atoms with E-state index in [2.05, 4.69) is 5.32 Å². The first-order valence-electron chi connectivity index (χ1n) is 4.96. The number of hydrogen-bond acceptors (Lipinski definition) is 3. The maximum absolute atomic E-state index is 11.7. The van der Waals surface area contributed by atoms with Gasteiger partial charge in [0, 0.05) is 6.04 Å². The van der Waals surface area contributed by atoms with Crippen LogP contribution in [0, 0.1) is 0 Å². The quantitative estimate of drug-likeness (QED) is 0.822. The zero-order valence-corrected chi connectivity index (χ0v) is 9.33. The Bertz CT molecular complexity index is 480. The van der Waals surface area contributed by atoms with Crippen molar-refractivity contribution in [2.24, 2.45) is 0 Å². The van der Waals surface area contributed by atoms with Gasteiger partial charge >= 0.3 is 6.03 Å². The topological polar surface area (TPSA) is 75.3 Å². The van der Waals surface area contributed by atoms with Gasteiger partial charge in [-0.15, -0.1) is 0 Å². The van der Waals surface area contributed by atoms with E-state index in [0.29, 0.717) is 0 Å². The standard InChI is InChI=1S/C10H12N2O3S/c13-10(11-8-6-7-8)12-16(14,15)9-4-2-1-3-5-9/h1-5,8H,6-7H2,(H2,11,12,13). The van der Waals surface area contributed by atoms with Crippen molar-refractivity contribution in [2.45, 2.75) is 23.8 Å². The highest BCUT2D eigenvalue weighted by molar-refractivity contribution is 7.90. The highest BCUT2D eigenvalue weighted by atomic mass is 32.2. The summed E-state index contributed by atoms with van der Waals surface area (Å²) < 4.78 is 25.3. The van der Waals surface area contributed by atoms with Gasteiger partial charge in [-0.05, 0) is 25.0 Å². The molecule has 0 spiro atoms. The van der Waals surface area contributed by atoms with Crippen molar-refractivity contribution in [3.63, 3.8) is 0 Å². The van der Waals surface area contributed by atoms with Crippen molar-refractivity contribution < 1.29 is 13.2 Å². The van der Waals surface area contributed by atoms with E-state index in [1.807, 2.05) is 4.72 Å². The maximum atomic E-state index is 11.7. The van der Waals surface area contributed by atoms with E-state index in [1.54, 1.807) is 18.2 Å². The minimum atomic E-state index is -3.74. The van der Waals surface area contributed by atoms with Crippen LogP contribution in [0.2, 0.25) is 0 Å². The third kappa shape index (κ3) is 2.73. The third-order valence-corrected chi connectivity index (χ3v) is 3.54. The molecule has 5 nitrogen and oxygen atoms in total. The molecule has 1 saturated carbocycles. The zero-order valence-electron chi connectivity index (χ0n) is 8.51. The van der Waals surface area contributed by atoms with Crippen molar-refractivity contribution in [1.29, 1.82) is 0 Å². The predicted molar refractivity (Wildman–Crippen MR) is 58.3 cm³/mol. The number of rotatable bonds is 3. The molecule has 0 atom stereocenters. The third-order valence-electron chi connectivity index (χ3n) is 2.19. The SMILES string of the molecule is O=C(NC1CC1)NS(=O)(=O)c1ccccc1. The van der Waals surface area contributed by atoms with Crippen LogP contribution in [0.25, 0.3) is 0 Å². The number of sulfonamides is 1. The van der Waals surface area contributed by atoms with Crippen molar-refractivity contribution in [2.75, 3.05) is 0 Å². The Hall–Kier alpha value is -1.56. The van der Waals surface area contributed by atoms with Crippen LogP contribution in [0.1, 0.15) is 12.8 Å². The average Bonchev–Trinajstić information content (AvgIpc) is 3.02. The van der Waals surface area contributed by atoms with E-state index in [0.717, 1.165) is 12.8 Å². The van der Waals surface area contributed by atoms with E-state index in [1.165, 1.54) is 12.1 Å². The number of carbonyl (C=O) groups excluding carboxylic acids is 1. The van der Waals surface area contributed by atoms with Gasteiger partial charge in [0.1, 0.15) is 0 Å². The van der Waals surface area contributed by atoms with E-state index < -0.39 is 16.1 Å². The molecule has 1 aliphatic carbocycles. The number of urea groups is 1. The molecule has 16 heavy (non-hydrogen) atoms. The molecular weight excluding hydrogens is 228 g/mol. The molecule has 6 heteroatoms. The van der Waals surface area contributed by atoms with Crippen molar-refractivity contribution in [3.05, 3.63) is 30.3 Å². The van der Waals surface area contributed by atoms with Gasteiger partial charge in [-0.2, -0.15) is 0 Å². The monoisotopic (exact) mass is 240 g/mol. The van der Waals surface area contributed by atoms with E-state index >= 15 is 0 Å². The van der Waals surface area contributed by atoms with Gasteiger partial charge in [-0.3, -0.25) is 0 Å². The van der Waals surface area contributed by atoms with Crippen LogP contribution >= 0.6 is 0 Å². The molecule has 1 fully saturated rings. The fraction of sp³-hybridized carbons (Fsp3) is 0.300. The van der Waals surface area contributed by atoms with E-state index in [4.69, 9.17) is 0 Å². The summed E-state index contributed by atoms with van der Waals surface area (Å²) in [5.41, 5.74) is 0. The lowest BCUT2D eigenvalue weighted by Gasteiger charge is -2.07. The van der Waals surface area contributed by atoms with Crippen LogP contribution in [0.5, 0.6) is 0 Å². The summed E-state index contributed by atoms with van der Waals surface area (Å²) in [7, 11) is -3.74. The molecule has 0 heterocycles. The smallest absolute Gasteiger partial charge is 0.328 e. The molecular formula is C10H12N2O3S. The highest BCUT2D eigenvalue weighted by Crippen LogP contribution is 2.18. The van der Waals surface area contributed by atoms with Crippen LogP contribution in [0.4, 0.5) is 4.79 Å². The van der Waals surface area contributed by atoms with Crippen LogP contribution in [-0.4, -0.2) is 20.5 Å². The minimum Gasteiger partial charge on any atom is -0.335 e. The molecule has 0 aromatic heterocycles. The first kappa shape index (κ1) is 10.9. The fourth-order valence-electron chi connectivity index (χ4n) is 1.22. The summed E-state index contributed by atoms with van der Waals surface area (Å²) in [6.07, 6.45) is 1.83. The van der Waals surface area contributed by atoms with Gasteiger partial charge in [0.2, 0.25) is 0 Å². The maximum Gasteiger partial charge on any atom is 0.328 e. The largest absolute Gasteiger partial charge is 0.335 e. The molecule has 2 N–H and O–H groups in total. The van der Waals surface area contributed by atoms with Crippen molar-refractivity contribution >= 4 is 16.1 Å². The molecule has 0 aliphatic heterocycles. The molecule has 2 rings (SSSR count). The first-order chi connectivity index (χ1) is 7.58. The van der Waals surface area contributed by atoms with Gasteiger partial charge in [0.05, 0.1) is 4.90 Å². The molecule has 86 valence electrons. The lowest BCUT2D eigenvalue weighted by Crippen LogP contribution is -2.40. The van der Waals surface area contributed by atoms with Crippen LogP contribution < -0.4 is 10.0 Å². The second-order valence-corrected chi connectivity index (χ2v) is 5.35. The minimum absolute atomic E-state index is 0.0842. The Labute approximate surface area is 93.9 Å². The summed E-state index contributed by atoms with van der Waals surface area (Å²) in [5, 5.41) is 2.55. The van der Waals surface area contributed by atoms with Crippen LogP contribution in [-0.2, 0) is 10.0 Å². The number of benzene rings is 1. The Kier molecular flexibility index (Phi) is 2.82. The Morgan fingerprint density at radius 1 is 1.19 bits per heavy atom. The number of amides is 2. The lowest BCUT2D eigenvalue weighted by atomic mass is 10.4. The van der Waals surface area contributed by atoms with Gasteiger partial charge in [0.15, 0.2) is 0 Å². The summed E-state index contributed by atoms with van der Waals surface area (Å²) >= 11 is 0. The summed E-state index contributed by atoms with van der Waals surface area (Å²) in [6, 6.07) is 7.26. The molecule has 0 bridgehead atoms. The lowest BCUT2D eigenvalue weighted by molar-refractivity contribution is 0.245. The molecule has 0 radical (unpaired) electrons. The van der Waals surface area contributed by atoms with Crippen LogP contribution in [0.3, 0.4) is 0 Å². The average molecular weight is 240 g/mol. The van der Waals surface area contributed by atoms with Gasteiger partial charge < -0.3 is 5.32 Å². The molecule has 0 unspecified atom stereocenters. The fourth-order valence-corrected chi connectivity index (χ4v) is 2.16. The summed E-state index contributed by atoms with van der Waals surface area (Å²) in [5.74, 6) is 0. The van der Waals surface area contributed by atoms with E-state index in [9.17, 15) is 13.2 Å². The van der Waals surface area contributed by atoms with Gasteiger partial charge in [-0.1, -0.05) is 18.2 Å². The summed E-state index contributed by atoms with van der Waals surface area (Å²) in [4.78, 5) is 11.4. The Balaban J connectivity index is 2.05. The van der Waals surface area contributed by atoms with Gasteiger partial charge in [-0.25, -0.2) is 17.9 Å². The Morgan fingerprint density at radius 3 is 2.38 bits per heavy atom. The van der Waals surface area contributed by atoms with Crippen LogP contribution in [0.15, 0.2) is 35.2 Å². The number of carbonyl (C=O) groups is 1. The first-order valence-corrected chi connectivity index (χ1v) is 6.44.